The summed E-state index contributed by atoms with van der Waals surface area (Å²) in [4.78, 5) is 22.9. The van der Waals surface area contributed by atoms with Gasteiger partial charge in [0, 0.05) is 40.5 Å². The number of anilines is 1. The zero-order valence-corrected chi connectivity index (χ0v) is 19.0. The zero-order valence-electron chi connectivity index (χ0n) is 19.0. The van der Waals surface area contributed by atoms with Crippen LogP contribution >= 0.6 is 0 Å². The van der Waals surface area contributed by atoms with Gasteiger partial charge in [-0.15, -0.1) is 0 Å². The lowest BCUT2D eigenvalue weighted by molar-refractivity contribution is 0.103. The van der Waals surface area contributed by atoms with Crippen LogP contribution in [0, 0.1) is 0 Å². The summed E-state index contributed by atoms with van der Waals surface area (Å²) in [7, 11) is 0. The van der Waals surface area contributed by atoms with E-state index in [1.807, 2.05) is 18.2 Å². The van der Waals surface area contributed by atoms with Crippen molar-refractivity contribution in [2.75, 3.05) is 25.4 Å². The van der Waals surface area contributed by atoms with Gasteiger partial charge >= 0.3 is 0 Å². The molecule has 3 aromatic carbocycles. The van der Waals surface area contributed by atoms with Crippen molar-refractivity contribution in [1.82, 2.24) is 9.88 Å². The highest BCUT2D eigenvalue weighted by molar-refractivity contribution is 6.12. The SMILES string of the molecule is Nc1cccc(C(=O)c2ccc3c(C=Nc4ccc(CCN5CCCC5)cc4)c(O)[nH]c3c2)c1. The average molecular weight is 453 g/mol. The highest BCUT2D eigenvalue weighted by Crippen LogP contribution is 2.28. The van der Waals surface area contributed by atoms with E-state index in [1.54, 1.807) is 42.6 Å². The summed E-state index contributed by atoms with van der Waals surface area (Å²) in [5.41, 5.74) is 10.8. The molecule has 6 heteroatoms. The standard InChI is InChI=1S/C28H28N4O2/c29-22-5-3-4-20(16-22)27(33)21-8-11-24-25(28(34)31-26(24)17-21)18-30-23-9-6-19(7-10-23)12-15-32-13-1-2-14-32/h3-11,16-18,31,34H,1-2,12-15,29H2. The second-order valence-corrected chi connectivity index (χ2v) is 8.83. The Balaban J connectivity index is 1.31. The van der Waals surface area contributed by atoms with Crippen molar-refractivity contribution in [3.8, 4) is 5.88 Å². The van der Waals surface area contributed by atoms with E-state index in [0.717, 1.165) is 24.0 Å². The van der Waals surface area contributed by atoms with Crippen LogP contribution < -0.4 is 5.73 Å². The highest BCUT2D eigenvalue weighted by Gasteiger charge is 2.14. The first-order chi connectivity index (χ1) is 16.6. The molecule has 1 saturated heterocycles. The van der Waals surface area contributed by atoms with E-state index in [1.165, 1.54) is 31.5 Å². The summed E-state index contributed by atoms with van der Waals surface area (Å²) in [5.74, 6) is -0.0992. The van der Waals surface area contributed by atoms with E-state index in [0.29, 0.717) is 27.9 Å². The number of aromatic amines is 1. The molecule has 0 atom stereocenters. The Labute approximate surface area is 198 Å². The van der Waals surface area contributed by atoms with Gasteiger partial charge in [-0.2, -0.15) is 0 Å². The van der Waals surface area contributed by atoms with Gasteiger partial charge in [0.15, 0.2) is 11.7 Å². The minimum atomic E-state index is -0.122. The van der Waals surface area contributed by atoms with Crippen LogP contribution in [0.25, 0.3) is 10.9 Å². The number of benzene rings is 3. The minimum absolute atomic E-state index is 0.0227. The van der Waals surface area contributed by atoms with Crippen molar-refractivity contribution in [1.29, 1.82) is 0 Å². The molecule has 0 saturated carbocycles. The van der Waals surface area contributed by atoms with E-state index in [4.69, 9.17) is 5.73 Å². The Kier molecular flexibility index (Phi) is 6.14. The third kappa shape index (κ3) is 4.72. The van der Waals surface area contributed by atoms with Gasteiger partial charge in [0.25, 0.3) is 0 Å². The maximum absolute atomic E-state index is 12.8. The third-order valence-corrected chi connectivity index (χ3v) is 6.42. The smallest absolute Gasteiger partial charge is 0.198 e. The topological polar surface area (TPSA) is 94.7 Å². The van der Waals surface area contributed by atoms with Crippen molar-refractivity contribution >= 4 is 34.3 Å². The molecule has 1 aromatic heterocycles. The van der Waals surface area contributed by atoms with Crippen LogP contribution in [0.1, 0.15) is 39.9 Å². The summed E-state index contributed by atoms with van der Waals surface area (Å²) >= 11 is 0. The largest absolute Gasteiger partial charge is 0.494 e. The molecule has 172 valence electrons. The number of hydrogen-bond acceptors (Lipinski definition) is 5. The van der Waals surface area contributed by atoms with Crippen LogP contribution in [0.3, 0.4) is 0 Å². The summed E-state index contributed by atoms with van der Waals surface area (Å²) < 4.78 is 0. The van der Waals surface area contributed by atoms with Crippen molar-refractivity contribution < 1.29 is 9.90 Å². The Morgan fingerprint density at radius 2 is 1.79 bits per heavy atom. The fraction of sp³-hybridized carbons (Fsp3) is 0.214. The van der Waals surface area contributed by atoms with E-state index in [9.17, 15) is 9.90 Å². The molecule has 6 nitrogen and oxygen atoms in total. The van der Waals surface area contributed by atoms with Gasteiger partial charge in [-0.25, -0.2) is 0 Å². The summed E-state index contributed by atoms with van der Waals surface area (Å²) in [6, 6.07) is 20.5. The number of carbonyl (C=O) groups excluding carboxylic acids is 1. The maximum atomic E-state index is 12.8. The molecule has 1 fully saturated rings. The molecule has 0 bridgehead atoms. The number of aliphatic imine (C=N–C) groups is 1. The zero-order chi connectivity index (χ0) is 23.5. The lowest BCUT2D eigenvalue weighted by Crippen LogP contribution is -2.21. The van der Waals surface area contributed by atoms with Crippen molar-refractivity contribution in [3.05, 3.63) is 89.0 Å². The van der Waals surface area contributed by atoms with E-state index >= 15 is 0 Å². The molecule has 2 heterocycles. The number of aromatic nitrogens is 1. The molecule has 1 aliphatic heterocycles. The van der Waals surface area contributed by atoms with Crippen molar-refractivity contribution in [2.24, 2.45) is 4.99 Å². The van der Waals surface area contributed by atoms with Crippen LogP contribution in [-0.4, -0.2) is 46.6 Å². The molecule has 0 spiro atoms. The number of nitrogens with zero attached hydrogens (tertiary/aromatic N) is 2. The molecule has 5 rings (SSSR count). The molecule has 0 unspecified atom stereocenters. The highest BCUT2D eigenvalue weighted by atomic mass is 16.3. The molecule has 4 N–H and O–H groups in total. The first-order valence-electron chi connectivity index (χ1n) is 11.7. The number of nitrogens with one attached hydrogen (secondary N) is 1. The summed E-state index contributed by atoms with van der Waals surface area (Å²) in [5, 5.41) is 11.3. The maximum Gasteiger partial charge on any atom is 0.198 e. The lowest BCUT2D eigenvalue weighted by atomic mass is 10.0. The Morgan fingerprint density at radius 1 is 1.03 bits per heavy atom. The van der Waals surface area contributed by atoms with Gasteiger partial charge in [0.2, 0.25) is 0 Å². The number of ketones is 1. The minimum Gasteiger partial charge on any atom is -0.494 e. The Hall–Kier alpha value is -3.90. The van der Waals surface area contributed by atoms with Gasteiger partial charge in [-0.05, 0) is 68.2 Å². The number of carbonyl (C=O) groups is 1. The number of aromatic hydroxyl groups is 1. The molecule has 34 heavy (non-hydrogen) atoms. The Bertz CT molecular complexity index is 1350. The van der Waals surface area contributed by atoms with Crippen LogP contribution in [0.4, 0.5) is 11.4 Å². The first-order valence-corrected chi connectivity index (χ1v) is 11.7. The number of rotatable bonds is 7. The number of nitrogens with two attached hydrogens (primary N) is 1. The molecule has 0 radical (unpaired) electrons. The second-order valence-electron chi connectivity index (χ2n) is 8.83. The molecule has 0 aliphatic carbocycles. The van der Waals surface area contributed by atoms with Gasteiger partial charge in [0.1, 0.15) is 0 Å². The number of nitrogen functional groups attached to an aromatic ring is 1. The predicted octanol–water partition coefficient (Wildman–Crippen LogP) is 5.08. The van der Waals surface area contributed by atoms with E-state index < -0.39 is 0 Å². The molecule has 0 amide bonds. The first kappa shape index (κ1) is 21.9. The molecular formula is C28H28N4O2. The van der Waals surface area contributed by atoms with Gasteiger partial charge in [-0.1, -0.05) is 36.4 Å². The van der Waals surface area contributed by atoms with Crippen LogP contribution in [0.2, 0.25) is 0 Å². The van der Waals surface area contributed by atoms with Crippen LogP contribution in [-0.2, 0) is 6.42 Å². The Morgan fingerprint density at radius 3 is 2.56 bits per heavy atom. The monoisotopic (exact) mass is 452 g/mol. The van der Waals surface area contributed by atoms with E-state index in [-0.39, 0.29) is 11.7 Å². The second kappa shape index (κ2) is 9.53. The third-order valence-electron chi connectivity index (χ3n) is 6.42. The lowest BCUT2D eigenvalue weighted by Gasteiger charge is -2.14. The summed E-state index contributed by atoms with van der Waals surface area (Å²) in [6.07, 6.45) is 5.33. The molecule has 4 aromatic rings. The van der Waals surface area contributed by atoms with Gasteiger partial charge in [-0.3, -0.25) is 9.79 Å². The quantitative estimate of drug-likeness (QED) is 0.207. The van der Waals surface area contributed by atoms with Gasteiger partial charge < -0.3 is 20.7 Å². The number of likely N-dealkylation sites (tertiary alicyclic amines) is 1. The number of H-pyrrole nitrogens is 1. The van der Waals surface area contributed by atoms with E-state index in [2.05, 4.69) is 27.0 Å². The number of fused-ring (bicyclic) bond motifs is 1. The van der Waals surface area contributed by atoms with Crippen molar-refractivity contribution in [3.63, 3.8) is 0 Å². The predicted molar refractivity (Wildman–Crippen MR) is 137 cm³/mol. The number of hydrogen-bond donors (Lipinski definition) is 3. The van der Waals surface area contributed by atoms with Crippen LogP contribution in [0.5, 0.6) is 5.88 Å². The fourth-order valence-electron chi connectivity index (χ4n) is 4.50. The van der Waals surface area contributed by atoms with Gasteiger partial charge in [0.05, 0.1) is 11.3 Å². The average Bonchev–Trinajstić information content (AvgIpc) is 3.48. The van der Waals surface area contributed by atoms with Crippen molar-refractivity contribution in [2.45, 2.75) is 19.3 Å². The summed E-state index contributed by atoms with van der Waals surface area (Å²) in [6.45, 7) is 3.54. The molecule has 1 aliphatic rings. The molecular weight excluding hydrogens is 424 g/mol. The van der Waals surface area contributed by atoms with Crippen LogP contribution in [0.15, 0.2) is 71.7 Å². The normalized spacial score (nSPS) is 14.4. The fourth-order valence-corrected chi connectivity index (χ4v) is 4.50.